The predicted molar refractivity (Wildman–Crippen MR) is 165 cm³/mol. The van der Waals surface area contributed by atoms with Gasteiger partial charge in [0.15, 0.2) is 0 Å². The summed E-state index contributed by atoms with van der Waals surface area (Å²) in [7, 11) is -3.61. The Labute approximate surface area is 234 Å². The lowest BCUT2D eigenvalue weighted by atomic mass is 10.0. The van der Waals surface area contributed by atoms with Crippen LogP contribution in [0.2, 0.25) is 5.04 Å². The summed E-state index contributed by atoms with van der Waals surface area (Å²) in [5, 5.41) is 2.65. The average molecular weight is 548 g/mol. The fourth-order valence-corrected chi connectivity index (χ4v) is 11.0. The molecule has 1 N–H and O–H groups in total. The van der Waals surface area contributed by atoms with Gasteiger partial charge in [-0.05, 0) is 72.8 Å². The average Bonchev–Trinajstić information content (AvgIpc) is 3.62. The van der Waals surface area contributed by atoms with Crippen molar-refractivity contribution >= 4 is 29.7 Å². The Morgan fingerprint density at radius 1 is 0.816 bits per heavy atom. The van der Waals surface area contributed by atoms with Crippen molar-refractivity contribution in [2.24, 2.45) is 11.8 Å². The maximum atomic E-state index is 13.0. The van der Waals surface area contributed by atoms with Gasteiger partial charge in [-0.1, -0.05) is 112 Å². The Morgan fingerprint density at radius 3 is 1.79 bits per heavy atom. The molecule has 0 heterocycles. The fourth-order valence-electron chi connectivity index (χ4n) is 5.56. The van der Waals surface area contributed by atoms with Gasteiger partial charge < -0.3 is 4.43 Å². The van der Waals surface area contributed by atoms with Crippen LogP contribution >= 0.6 is 0 Å². The van der Waals surface area contributed by atoms with Gasteiger partial charge in [-0.3, -0.25) is 0 Å². The molecular weight excluding hydrogens is 503 g/mol. The molecule has 204 valence electrons. The van der Waals surface area contributed by atoms with Crippen LogP contribution in [0.5, 0.6) is 0 Å². The van der Waals surface area contributed by atoms with E-state index < -0.39 is 19.3 Å². The van der Waals surface area contributed by atoms with Crippen LogP contribution in [0.25, 0.3) is 0 Å². The van der Waals surface area contributed by atoms with Crippen LogP contribution in [0.15, 0.2) is 91.0 Å². The molecule has 1 saturated carbocycles. The van der Waals surface area contributed by atoms with Gasteiger partial charge in [0.05, 0.1) is 15.7 Å². The zero-order valence-electron chi connectivity index (χ0n) is 23.9. The van der Waals surface area contributed by atoms with Crippen LogP contribution in [-0.2, 0) is 21.8 Å². The minimum Gasteiger partial charge on any atom is -0.407 e. The summed E-state index contributed by atoms with van der Waals surface area (Å²) in [6, 6.07) is 32.6. The zero-order valence-corrected chi connectivity index (χ0v) is 25.8. The molecule has 0 radical (unpaired) electrons. The molecule has 4 rings (SSSR count). The van der Waals surface area contributed by atoms with Gasteiger partial charge >= 0.3 is 0 Å². The molecular formula is C33H45NO2SSi. The monoisotopic (exact) mass is 547 g/mol. The maximum Gasteiger partial charge on any atom is 0.261 e. The van der Waals surface area contributed by atoms with E-state index in [1.807, 2.05) is 20.8 Å². The number of hydrogen-bond donors (Lipinski definition) is 1. The highest BCUT2D eigenvalue weighted by molar-refractivity contribution is 7.84. The van der Waals surface area contributed by atoms with Gasteiger partial charge in [-0.15, -0.1) is 0 Å². The summed E-state index contributed by atoms with van der Waals surface area (Å²) in [4.78, 5) is 0. The molecule has 0 aliphatic heterocycles. The molecule has 5 heteroatoms. The van der Waals surface area contributed by atoms with Gasteiger partial charge in [0.25, 0.3) is 8.32 Å². The van der Waals surface area contributed by atoms with E-state index in [-0.39, 0.29) is 15.8 Å². The molecule has 0 unspecified atom stereocenters. The number of rotatable bonds is 11. The van der Waals surface area contributed by atoms with Crippen molar-refractivity contribution < 1.29 is 8.63 Å². The minimum absolute atomic E-state index is 0.0128. The highest BCUT2D eigenvalue weighted by atomic mass is 32.2. The zero-order chi connectivity index (χ0) is 27.4. The predicted octanol–water partition coefficient (Wildman–Crippen LogP) is 6.25. The minimum atomic E-state index is -2.52. The molecule has 1 aliphatic carbocycles. The van der Waals surface area contributed by atoms with E-state index in [1.165, 1.54) is 22.4 Å². The smallest absolute Gasteiger partial charge is 0.261 e. The van der Waals surface area contributed by atoms with Crippen molar-refractivity contribution in [1.29, 1.82) is 0 Å². The first kappa shape index (κ1) is 28.9. The van der Waals surface area contributed by atoms with E-state index in [0.717, 1.165) is 19.4 Å². The molecule has 38 heavy (non-hydrogen) atoms. The first-order valence-electron chi connectivity index (χ1n) is 14.0. The fraction of sp³-hybridized carbons (Fsp3) is 0.455. The molecule has 0 bridgehead atoms. The highest BCUT2D eigenvalue weighted by Gasteiger charge is 2.51. The van der Waals surface area contributed by atoms with Crippen molar-refractivity contribution in [2.75, 3.05) is 6.61 Å². The highest BCUT2D eigenvalue weighted by Crippen LogP contribution is 2.45. The lowest BCUT2D eigenvalue weighted by molar-refractivity contribution is 0.271. The second kappa shape index (κ2) is 12.0. The van der Waals surface area contributed by atoms with Crippen molar-refractivity contribution in [2.45, 2.75) is 76.6 Å². The standard InChI is InChI=1S/C33H45NO2SSi/c1-32(2,3)37(35)34-29(22-26-16-10-7-11-17-26)24-27-23-28(27)25-36-38(33(4,5)6,30-18-12-8-13-19-30)31-20-14-9-15-21-31/h7-21,27-29,34H,22-25H2,1-6H3/t27-,28+,29+,37-/m0/s1. The molecule has 3 nitrogen and oxygen atoms in total. The van der Waals surface area contributed by atoms with Gasteiger partial charge in [0.1, 0.15) is 0 Å². The normalized spacial score (nSPS) is 19.6. The third-order valence-corrected chi connectivity index (χ3v) is 14.4. The van der Waals surface area contributed by atoms with Crippen molar-refractivity contribution in [1.82, 2.24) is 4.72 Å². The summed E-state index contributed by atoms with van der Waals surface area (Å²) >= 11 is 0. The third-order valence-electron chi connectivity index (χ3n) is 7.74. The molecule has 0 spiro atoms. The Kier molecular flexibility index (Phi) is 9.13. The van der Waals surface area contributed by atoms with E-state index in [2.05, 4.69) is 116 Å². The van der Waals surface area contributed by atoms with E-state index in [1.54, 1.807) is 0 Å². The molecule has 0 aromatic heterocycles. The van der Waals surface area contributed by atoms with Gasteiger partial charge in [-0.2, -0.15) is 0 Å². The van der Waals surface area contributed by atoms with Crippen LogP contribution < -0.4 is 15.1 Å². The number of benzene rings is 3. The summed E-state index contributed by atoms with van der Waals surface area (Å²) in [5.74, 6) is 1.13. The summed E-state index contributed by atoms with van der Waals surface area (Å²) in [6.07, 6.45) is 3.08. The Bertz CT molecular complexity index is 1130. The molecule has 1 aliphatic rings. The van der Waals surface area contributed by atoms with Crippen LogP contribution in [-0.4, -0.2) is 29.9 Å². The topological polar surface area (TPSA) is 38.3 Å². The molecule has 0 amide bonds. The second-order valence-corrected chi connectivity index (χ2v) is 19.2. The van der Waals surface area contributed by atoms with E-state index in [0.29, 0.717) is 11.8 Å². The quantitative estimate of drug-likeness (QED) is 0.288. The summed E-state index contributed by atoms with van der Waals surface area (Å²) in [5.41, 5.74) is 1.29. The molecule has 4 atom stereocenters. The van der Waals surface area contributed by atoms with E-state index >= 15 is 0 Å². The molecule has 3 aromatic rings. The SMILES string of the molecule is CC(C)(C)[S@](=O)N[C@H](Cc1ccccc1)C[C@@H]1C[C@@H]1CO[Si](c1ccccc1)(c1ccccc1)C(C)(C)C. The maximum absolute atomic E-state index is 13.0. The summed E-state index contributed by atoms with van der Waals surface area (Å²) < 4.78 is 23.4. The van der Waals surface area contributed by atoms with Crippen LogP contribution in [0.1, 0.15) is 59.9 Å². The van der Waals surface area contributed by atoms with Crippen molar-refractivity contribution in [3.63, 3.8) is 0 Å². The Hall–Kier alpha value is -2.05. The summed E-state index contributed by atoms with van der Waals surface area (Å²) in [6.45, 7) is 13.9. The van der Waals surface area contributed by atoms with E-state index in [9.17, 15) is 4.21 Å². The first-order valence-corrected chi connectivity index (χ1v) is 17.0. The van der Waals surface area contributed by atoms with Gasteiger partial charge in [0.2, 0.25) is 0 Å². The van der Waals surface area contributed by atoms with Crippen LogP contribution in [0.3, 0.4) is 0 Å². The Balaban J connectivity index is 1.50. The first-order chi connectivity index (χ1) is 18.0. The van der Waals surface area contributed by atoms with E-state index in [4.69, 9.17) is 4.43 Å². The molecule has 0 saturated heterocycles. The molecule has 3 aromatic carbocycles. The third kappa shape index (κ3) is 6.92. The van der Waals surface area contributed by atoms with Gasteiger partial charge in [-0.25, -0.2) is 8.93 Å². The van der Waals surface area contributed by atoms with Crippen LogP contribution in [0, 0.1) is 11.8 Å². The van der Waals surface area contributed by atoms with Crippen molar-refractivity contribution in [3.8, 4) is 0 Å². The Morgan fingerprint density at radius 2 is 1.32 bits per heavy atom. The van der Waals surface area contributed by atoms with Crippen molar-refractivity contribution in [3.05, 3.63) is 96.6 Å². The molecule has 1 fully saturated rings. The lowest BCUT2D eigenvalue weighted by Gasteiger charge is -2.43. The second-order valence-electron chi connectivity index (χ2n) is 12.9. The van der Waals surface area contributed by atoms with Gasteiger partial charge in [0, 0.05) is 12.6 Å². The van der Waals surface area contributed by atoms with Crippen LogP contribution in [0.4, 0.5) is 0 Å². The lowest BCUT2D eigenvalue weighted by Crippen LogP contribution is -2.66. The number of hydrogen-bond acceptors (Lipinski definition) is 2. The largest absolute Gasteiger partial charge is 0.407 e. The number of nitrogens with one attached hydrogen (secondary N) is 1.